The maximum atomic E-state index is 10.5. The van der Waals surface area contributed by atoms with Crippen molar-refractivity contribution < 1.29 is 14.3 Å². The molecule has 0 aliphatic carbocycles. The highest BCUT2D eigenvalue weighted by Gasteiger charge is 2.16. The summed E-state index contributed by atoms with van der Waals surface area (Å²) in [5.41, 5.74) is 0. The molecule has 0 aliphatic heterocycles. The first kappa shape index (κ1) is 9.27. The summed E-state index contributed by atoms with van der Waals surface area (Å²) in [5.74, 6) is -0.427. The summed E-state index contributed by atoms with van der Waals surface area (Å²) in [4.78, 5) is 18.8. The van der Waals surface area contributed by atoms with E-state index in [1.807, 2.05) is 0 Å². The lowest BCUT2D eigenvalue weighted by Crippen LogP contribution is -2.24. The second-order valence-corrected chi connectivity index (χ2v) is 2.62. The molecule has 0 saturated heterocycles. The highest BCUT2D eigenvalue weighted by molar-refractivity contribution is 7.39. The van der Waals surface area contributed by atoms with Crippen molar-refractivity contribution in [3.63, 3.8) is 0 Å². The highest BCUT2D eigenvalue weighted by Crippen LogP contribution is 2.10. The van der Waals surface area contributed by atoms with Crippen LogP contribution in [0.1, 0.15) is 0 Å². The van der Waals surface area contributed by atoms with Gasteiger partial charge < -0.3 is 5.32 Å². The molecule has 0 radical (unpaired) electrons. The minimum absolute atomic E-state index is 0.330. The van der Waals surface area contributed by atoms with Gasteiger partial charge in [0, 0.05) is 6.54 Å². The second-order valence-electron chi connectivity index (χ2n) is 1.60. The summed E-state index contributed by atoms with van der Waals surface area (Å²) in [6.45, 7) is 3.70. The third kappa shape index (κ3) is 5.41. The second kappa shape index (κ2) is 5.09. The van der Waals surface area contributed by atoms with E-state index in [0.29, 0.717) is 6.54 Å². The van der Waals surface area contributed by atoms with Gasteiger partial charge in [-0.15, -0.1) is 6.58 Å². The highest BCUT2D eigenvalue weighted by atomic mass is 31.1. The van der Waals surface area contributed by atoms with Crippen LogP contribution < -0.4 is 5.32 Å². The lowest BCUT2D eigenvalue weighted by atomic mass is 10.6. The first-order valence-electron chi connectivity index (χ1n) is 2.68. The third-order valence-corrected chi connectivity index (χ3v) is 1.28. The average Bonchev–Trinajstić information content (AvgIpc) is 1.82. The van der Waals surface area contributed by atoms with Crippen molar-refractivity contribution in [2.45, 2.75) is 0 Å². The van der Waals surface area contributed by atoms with E-state index in [9.17, 15) is 9.36 Å². The Bertz CT molecular complexity index is 157. The van der Waals surface area contributed by atoms with Gasteiger partial charge in [0.25, 0.3) is 12.1 Å². The van der Waals surface area contributed by atoms with Crippen LogP contribution in [0.5, 0.6) is 0 Å². The first-order chi connectivity index (χ1) is 4.66. The summed E-state index contributed by atoms with van der Waals surface area (Å²) >= 11 is 0. The fraction of sp³-hybridized carbons (Fsp3) is 0.400. The zero-order valence-electron chi connectivity index (χ0n) is 5.41. The Balaban J connectivity index is 3.43. The zero-order chi connectivity index (χ0) is 7.98. The summed E-state index contributed by atoms with van der Waals surface area (Å²) in [6.07, 6.45) is 1.17. The Morgan fingerprint density at radius 3 is 2.80 bits per heavy atom. The van der Waals surface area contributed by atoms with Crippen molar-refractivity contribution in [2.24, 2.45) is 0 Å². The number of rotatable bonds is 4. The van der Waals surface area contributed by atoms with Crippen LogP contribution in [0.25, 0.3) is 0 Å². The lowest BCUT2D eigenvalue weighted by Gasteiger charge is -1.92. The fourth-order valence-corrected chi connectivity index (χ4v) is 0.722. The van der Waals surface area contributed by atoms with Gasteiger partial charge in [-0.3, -0.25) is 4.79 Å². The largest absolute Gasteiger partial charge is 0.515 e. The van der Waals surface area contributed by atoms with E-state index in [0.717, 1.165) is 0 Å². The van der Waals surface area contributed by atoms with Gasteiger partial charge in [0.2, 0.25) is 0 Å². The molecule has 0 heterocycles. The van der Waals surface area contributed by atoms with Crippen molar-refractivity contribution in [1.82, 2.24) is 5.32 Å². The standard InChI is InChI=1S/C5H8NO3P/c1-2-3-6-5(7)4-10(8)9/h2H,1,3-4H2,(H-,6,7,8,9)/p+1. The Morgan fingerprint density at radius 1 is 1.80 bits per heavy atom. The number of nitrogens with one attached hydrogen (secondary N) is 1. The zero-order valence-corrected chi connectivity index (χ0v) is 6.30. The van der Waals surface area contributed by atoms with Crippen LogP contribution in [0.3, 0.4) is 0 Å². The molecule has 0 saturated carbocycles. The molecule has 0 aromatic carbocycles. The van der Waals surface area contributed by atoms with Gasteiger partial charge in [-0.2, -0.15) is 4.89 Å². The minimum atomic E-state index is -2.35. The van der Waals surface area contributed by atoms with Crippen LogP contribution >= 0.6 is 8.03 Å². The van der Waals surface area contributed by atoms with E-state index in [1.165, 1.54) is 6.08 Å². The summed E-state index contributed by atoms with van der Waals surface area (Å²) in [5, 5.41) is 2.36. The number of amides is 1. The maximum absolute atomic E-state index is 10.5. The van der Waals surface area contributed by atoms with E-state index in [-0.39, 0.29) is 6.16 Å². The molecule has 0 aliphatic rings. The Labute approximate surface area is 59.8 Å². The van der Waals surface area contributed by atoms with Crippen molar-refractivity contribution >= 4 is 13.9 Å². The molecule has 2 N–H and O–H groups in total. The predicted molar refractivity (Wildman–Crippen MR) is 37.9 cm³/mol. The molecule has 0 aromatic rings. The van der Waals surface area contributed by atoms with Gasteiger partial charge in [0.05, 0.1) is 0 Å². The van der Waals surface area contributed by atoms with E-state index in [2.05, 4.69) is 11.9 Å². The topological polar surface area (TPSA) is 66.4 Å². The minimum Gasteiger partial charge on any atom is -0.349 e. The van der Waals surface area contributed by atoms with E-state index in [4.69, 9.17) is 4.89 Å². The maximum Gasteiger partial charge on any atom is 0.515 e. The van der Waals surface area contributed by atoms with Crippen LogP contribution in [0.15, 0.2) is 12.7 Å². The van der Waals surface area contributed by atoms with Gasteiger partial charge in [0.1, 0.15) is 0 Å². The van der Waals surface area contributed by atoms with Crippen LogP contribution in [0.2, 0.25) is 0 Å². The molecule has 0 rings (SSSR count). The third-order valence-electron chi connectivity index (χ3n) is 0.722. The molecule has 0 spiro atoms. The van der Waals surface area contributed by atoms with E-state index >= 15 is 0 Å². The van der Waals surface area contributed by atoms with Crippen molar-refractivity contribution in [2.75, 3.05) is 12.7 Å². The molecule has 4 nitrogen and oxygen atoms in total. The van der Waals surface area contributed by atoms with Gasteiger partial charge in [0.15, 0.2) is 0 Å². The Hall–Kier alpha value is -0.730. The molecule has 0 fully saturated rings. The molecule has 10 heavy (non-hydrogen) atoms. The average molecular weight is 162 g/mol. The Morgan fingerprint density at radius 2 is 2.40 bits per heavy atom. The number of hydrogen-bond acceptors (Lipinski definition) is 2. The van der Waals surface area contributed by atoms with Crippen molar-refractivity contribution in [3.05, 3.63) is 12.7 Å². The quantitative estimate of drug-likeness (QED) is 0.452. The molecule has 1 amide bonds. The first-order valence-corrected chi connectivity index (χ1v) is 4.07. The molecular formula is C5H9NO3P+. The van der Waals surface area contributed by atoms with Gasteiger partial charge in [-0.05, 0) is 4.57 Å². The summed E-state index contributed by atoms with van der Waals surface area (Å²) in [7, 11) is -2.35. The van der Waals surface area contributed by atoms with Crippen molar-refractivity contribution in [3.8, 4) is 0 Å². The molecule has 1 unspecified atom stereocenters. The molecule has 0 aromatic heterocycles. The smallest absolute Gasteiger partial charge is 0.349 e. The molecule has 0 bridgehead atoms. The molecule has 5 heteroatoms. The van der Waals surface area contributed by atoms with Crippen LogP contribution in [0.4, 0.5) is 0 Å². The molecular weight excluding hydrogens is 153 g/mol. The lowest BCUT2D eigenvalue weighted by molar-refractivity contribution is -0.118. The van der Waals surface area contributed by atoms with Gasteiger partial charge in [-0.1, -0.05) is 6.08 Å². The normalized spacial score (nSPS) is 10.3. The SMILES string of the molecule is C=CCNC(=O)C[P+](=O)O. The van der Waals surface area contributed by atoms with E-state index in [1.54, 1.807) is 0 Å². The predicted octanol–water partition coefficient (Wildman–Crippen LogP) is 0.0233. The van der Waals surface area contributed by atoms with Gasteiger partial charge >= 0.3 is 8.03 Å². The van der Waals surface area contributed by atoms with Crippen LogP contribution in [0, 0.1) is 0 Å². The summed E-state index contributed by atoms with van der Waals surface area (Å²) < 4.78 is 10.0. The number of hydrogen-bond donors (Lipinski definition) is 2. The Kier molecular flexibility index (Phi) is 4.72. The molecule has 56 valence electrons. The summed E-state index contributed by atoms with van der Waals surface area (Å²) in [6, 6.07) is 0. The number of carbonyl (C=O) groups excluding carboxylic acids is 1. The van der Waals surface area contributed by atoms with Crippen LogP contribution in [-0.2, 0) is 9.36 Å². The molecule has 1 atom stereocenters. The van der Waals surface area contributed by atoms with E-state index < -0.39 is 13.9 Å². The van der Waals surface area contributed by atoms with Crippen LogP contribution in [-0.4, -0.2) is 23.5 Å². The fourth-order valence-electron chi connectivity index (χ4n) is 0.365. The van der Waals surface area contributed by atoms with Crippen molar-refractivity contribution in [1.29, 1.82) is 0 Å². The monoisotopic (exact) mass is 162 g/mol. The number of carbonyl (C=O) groups is 1. The van der Waals surface area contributed by atoms with Gasteiger partial charge in [-0.25, -0.2) is 0 Å².